The van der Waals surface area contributed by atoms with Gasteiger partial charge in [0.15, 0.2) is 0 Å². The summed E-state index contributed by atoms with van der Waals surface area (Å²) in [6.45, 7) is 8.60. The van der Waals surface area contributed by atoms with Gasteiger partial charge in [-0.05, 0) is 45.1 Å². The minimum Gasteiger partial charge on any atom is -0.317 e. The Morgan fingerprint density at radius 1 is 1.12 bits per heavy atom. The molecule has 0 saturated heterocycles. The highest BCUT2D eigenvalue weighted by molar-refractivity contribution is 7.11. The molecular weight excluding hydrogens is 263 g/mol. The number of thiophene rings is 1. The van der Waals surface area contributed by atoms with Crippen LogP contribution in [0.1, 0.15) is 23.1 Å². The molecule has 2 nitrogen and oxygen atoms in total. The predicted octanol–water partition coefficient (Wildman–Crippen LogP) is 2.99. The first-order valence-electron chi connectivity index (χ1n) is 5.29. The molecule has 16 heavy (non-hydrogen) atoms. The number of hydrogen-bond acceptors (Lipinski definition) is 3. The van der Waals surface area contributed by atoms with E-state index in [0.29, 0.717) is 0 Å². The van der Waals surface area contributed by atoms with Gasteiger partial charge >= 0.3 is 0 Å². The van der Waals surface area contributed by atoms with Crippen LogP contribution in [-0.4, -0.2) is 19.6 Å². The fourth-order valence-electron chi connectivity index (χ4n) is 1.31. The Balaban J connectivity index is 0. The van der Waals surface area contributed by atoms with Gasteiger partial charge in [0.1, 0.15) is 0 Å². The van der Waals surface area contributed by atoms with Crippen molar-refractivity contribution < 1.29 is 0 Å². The third kappa shape index (κ3) is 8.36. The van der Waals surface area contributed by atoms with Crippen molar-refractivity contribution in [1.29, 1.82) is 0 Å². The largest absolute Gasteiger partial charge is 0.317 e. The smallest absolute Gasteiger partial charge is 0.0299 e. The molecule has 0 aliphatic rings. The Bertz CT molecular complexity index is 254. The first-order chi connectivity index (χ1) is 6.83. The number of nitrogens with one attached hydrogen (secondary N) is 2. The number of hydrogen-bond donors (Lipinski definition) is 2. The fourth-order valence-corrected chi connectivity index (χ4v) is 2.17. The monoisotopic (exact) mass is 284 g/mol. The Labute approximate surface area is 115 Å². The lowest BCUT2D eigenvalue weighted by Crippen LogP contribution is -2.21. The van der Waals surface area contributed by atoms with Crippen LogP contribution in [0.5, 0.6) is 0 Å². The molecule has 0 bridgehead atoms. The zero-order chi connectivity index (χ0) is 10.2. The third-order valence-electron chi connectivity index (χ3n) is 2.05. The van der Waals surface area contributed by atoms with E-state index in [1.54, 1.807) is 0 Å². The fraction of sp³-hybridized carbons (Fsp3) is 0.636. The minimum absolute atomic E-state index is 0. The van der Waals surface area contributed by atoms with Gasteiger partial charge in [-0.25, -0.2) is 0 Å². The van der Waals surface area contributed by atoms with Gasteiger partial charge in [0.05, 0.1) is 0 Å². The minimum atomic E-state index is 0. The van der Waals surface area contributed by atoms with E-state index < -0.39 is 0 Å². The van der Waals surface area contributed by atoms with Crippen LogP contribution in [0, 0.1) is 6.92 Å². The molecule has 1 aromatic rings. The van der Waals surface area contributed by atoms with Crippen molar-refractivity contribution >= 4 is 36.2 Å². The average Bonchev–Trinajstić information content (AvgIpc) is 2.58. The molecule has 1 rings (SSSR count). The lowest BCUT2D eigenvalue weighted by Gasteiger charge is -2.03. The summed E-state index contributed by atoms with van der Waals surface area (Å²) in [5.41, 5.74) is 0. The molecule has 2 N–H and O–H groups in total. The van der Waals surface area contributed by atoms with E-state index in [-0.39, 0.29) is 24.8 Å². The quantitative estimate of drug-likeness (QED) is 0.753. The summed E-state index contributed by atoms with van der Waals surface area (Å²) in [7, 11) is 0. The lowest BCUT2D eigenvalue weighted by atomic mass is 10.4. The molecule has 0 aliphatic heterocycles. The van der Waals surface area contributed by atoms with Crippen LogP contribution >= 0.6 is 36.2 Å². The molecule has 0 saturated carbocycles. The van der Waals surface area contributed by atoms with E-state index in [1.165, 1.54) is 16.2 Å². The van der Waals surface area contributed by atoms with Crippen molar-refractivity contribution in [3.8, 4) is 0 Å². The van der Waals surface area contributed by atoms with Crippen molar-refractivity contribution in [2.24, 2.45) is 0 Å². The van der Waals surface area contributed by atoms with Gasteiger partial charge in [0.2, 0.25) is 0 Å². The van der Waals surface area contributed by atoms with E-state index in [9.17, 15) is 0 Å². The summed E-state index contributed by atoms with van der Waals surface area (Å²) >= 11 is 1.88. The Morgan fingerprint density at radius 2 is 1.81 bits per heavy atom. The number of aryl methyl sites for hydroxylation is 1. The van der Waals surface area contributed by atoms with Crippen LogP contribution in [0.2, 0.25) is 0 Å². The maximum atomic E-state index is 3.44. The summed E-state index contributed by atoms with van der Waals surface area (Å²) in [6, 6.07) is 4.39. The molecule has 0 aromatic carbocycles. The number of halogens is 2. The lowest BCUT2D eigenvalue weighted by molar-refractivity contribution is 0.609. The van der Waals surface area contributed by atoms with Gasteiger partial charge in [-0.15, -0.1) is 36.2 Å². The molecule has 0 spiro atoms. The molecule has 0 unspecified atom stereocenters. The molecule has 5 heteroatoms. The van der Waals surface area contributed by atoms with Crippen molar-refractivity contribution in [2.45, 2.75) is 26.8 Å². The Hall–Kier alpha value is 0.200. The van der Waals surface area contributed by atoms with Gasteiger partial charge in [-0.1, -0.05) is 6.92 Å². The second kappa shape index (κ2) is 11.7. The van der Waals surface area contributed by atoms with Gasteiger partial charge in [-0.3, -0.25) is 0 Å². The van der Waals surface area contributed by atoms with E-state index in [1.807, 2.05) is 11.3 Å². The van der Waals surface area contributed by atoms with Gasteiger partial charge < -0.3 is 10.6 Å². The predicted molar refractivity (Wildman–Crippen MR) is 78.4 cm³/mol. The van der Waals surface area contributed by atoms with Crippen molar-refractivity contribution in [3.05, 3.63) is 21.9 Å². The number of rotatable bonds is 7. The second-order valence-corrected chi connectivity index (χ2v) is 4.77. The zero-order valence-electron chi connectivity index (χ0n) is 9.91. The average molecular weight is 285 g/mol. The molecule has 0 fully saturated rings. The summed E-state index contributed by atoms with van der Waals surface area (Å²) in [4.78, 5) is 2.83. The molecule has 0 radical (unpaired) electrons. The summed E-state index contributed by atoms with van der Waals surface area (Å²) in [5.74, 6) is 0. The molecule has 0 atom stereocenters. The highest BCUT2D eigenvalue weighted by Gasteiger charge is 1.95. The van der Waals surface area contributed by atoms with Crippen LogP contribution in [-0.2, 0) is 6.54 Å². The standard InChI is InChI=1S/C11H20N2S.2ClH/c1-3-12-7-4-8-13-9-11-6-5-10(2)14-11;;/h5-6,12-13H,3-4,7-9H2,1-2H3;2*1H. The summed E-state index contributed by atoms with van der Waals surface area (Å²) in [6.07, 6.45) is 1.21. The first kappa shape index (κ1) is 18.6. The normalized spacial score (nSPS) is 9.38. The van der Waals surface area contributed by atoms with E-state index in [2.05, 4.69) is 36.6 Å². The highest BCUT2D eigenvalue weighted by atomic mass is 35.5. The maximum absolute atomic E-state index is 3.44. The van der Waals surface area contributed by atoms with Gasteiger partial charge in [-0.2, -0.15) is 0 Å². The topological polar surface area (TPSA) is 24.1 Å². The van der Waals surface area contributed by atoms with Crippen molar-refractivity contribution in [1.82, 2.24) is 10.6 Å². The molecule has 0 amide bonds. The van der Waals surface area contributed by atoms with Gasteiger partial charge in [0.25, 0.3) is 0 Å². The molecular formula is C11H22Cl2N2S. The van der Waals surface area contributed by atoms with E-state index in [0.717, 1.165) is 26.2 Å². The van der Waals surface area contributed by atoms with Crippen LogP contribution < -0.4 is 10.6 Å². The Kier molecular flexibility index (Phi) is 13.5. The van der Waals surface area contributed by atoms with Crippen LogP contribution in [0.25, 0.3) is 0 Å². The maximum Gasteiger partial charge on any atom is 0.0299 e. The van der Waals surface area contributed by atoms with Crippen molar-refractivity contribution in [2.75, 3.05) is 19.6 Å². The molecule has 1 aromatic heterocycles. The van der Waals surface area contributed by atoms with Crippen LogP contribution in [0.15, 0.2) is 12.1 Å². The molecule has 96 valence electrons. The van der Waals surface area contributed by atoms with E-state index in [4.69, 9.17) is 0 Å². The summed E-state index contributed by atoms with van der Waals surface area (Å²) in [5, 5.41) is 6.76. The van der Waals surface area contributed by atoms with Crippen LogP contribution in [0.4, 0.5) is 0 Å². The van der Waals surface area contributed by atoms with Crippen LogP contribution in [0.3, 0.4) is 0 Å². The first-order valence-corrected chi connectivity index (χ1v) is 6.11. The molecule has 1 heterocycles. The summed E-state index contributed by atoms with van der Waals surface area (Å²) < 4.78 is 0. The highest BCUT2D eigenvalue weighted by Crippen LogP contribution is 2.14. The molecule has 0 aliphatic carbocycles. The third-order valence-corrected chi connectivity index (χ3v) is 3.05. The SMILES string of the molecule is CCNCCCNCc1ccc(C)s1.Cl.Cl. The van der Waals surface area contributed by atoms with Gasteiger partial charge in [0, 0.05) is 16.3 Å². The van der Waals surface area contributed by atoms with E-state index >= 15 is 0 Å². The zero-order valence-corrected chi connectivity index (χ0v) is 12.4. The second-order valence-electron chi connectivity index (χ2n) is 3.40. The Morgan fingerprint density at radius 3 is 2.38 bits per heavy atom. The van der Waals surface area contributed by atoms with Crippen molar-refractivity contribution in [3.63, 3.8) is 0 Å².